The van der Waals surface area contributed by atoms with Crippen LogP contribution >= 0.6 is 0 Å². The molecule has 2 aliphatic carbocycles. The fourth-order valence-electron chi connectivity index (χ4n) is 4.37. The average Bonchev–Trinajstić information content (AvgIpc) is 2.96. The molecule has 0 radical (unpaired) electrons. The van der Waals surface area contributed by atoms with Gasteiger partial charge in [0.15, 0.2) is 6.73 Å². The third kappa shape index (κ3) is 2.78. The van der Waals surface area contributed by atoms with E-state index in [1.165, 1.54) is 5.57 Å². The number of allylic oxidation sites excluding steroid dienone is 2. The Bertz CT molecular complexity index is 578. The molecular formula is C19H27NO4. The number of carbonyl (C=O) groups excluding carboxylic acids is 3. The van der Waals surface area contributed by atoms with E-state index in [1.54, 1.807) is 0 Å². The van der Waals surface area contributed by atoms with Gasteiger partial charge in [0.25, 0.3) is 0 Å². The molecule has 0 aromatic rings. The van der Waals surface area contributed by atoms with Crippen molar-refractivity contribution in [1.82, 2.24) is 4.90 Å². The van der Waals surface area contributed by atoms with Crippen LogP contribution in [0, 0.1) is 29.1 Å². The van der Waals surface area contributed by atoms with Gasteiger partial charge in [-0.05, 0) is 38.0 Å². The lowest BCUT2D eigenvalue weighted by Crippen LogP contribution is -2.34. The molecule has 0 aromatic heterocycles. The van der Waals surface area contributed by atoms with Gasteiger partial charge in [-0.3, -0.25) is 14.4 Å². The van der Waals surface area contributed by atoms with Crippen LogP contribution in [0.5, 0.6) is 0 Å². The highest BCUT2D eigenvalue weighted by Gasteiger charge is 2.61. The lowest BCUT2D eigenvalue weighted by atomic mass is 9.81. The van der Waals surface area contributed by atoms with Crippen molar-refractivity contribution in [2.75, 3.05) is 6.73 Å². The van der Waals surface area contributed by atoms with Crippen molar-refractivity contribution < 1.29 is 19.1 Å². The molecule has 0 bridgehead atoms. The van der Waals surface area contributed by atoms with Crippen LogP contribution in [0.3, 0.4) is 0 Å². The van der Waals surface area contributed by atoms with Gasteiger partial charge in [-0.15, -0.1) is 0 Å². The molecule has 3 rings (SSSR count). The quantitative estimate of drug-likeness (QED) is 0.451. The molecule has 3 aliphatic rings. The lowest BCUT2D eigenvalue weighted by molar-refractivity contribution is -0.157. The molecule has 0 aromatic carbocycles. The van der Waals surface area contributed by atoms with Crippen LogP contribution in [-0.2, 0) is 19.1 Å². The number of nitrogens with zero attached hydrogens (tertiary/aromatic N) is 1. The van der Waals surface area contributed by atoms with Crippen LogP contribution in [0.4, 0.5) is 0 Å². The normalized spacial score (nSPS) is 33.9. The molecule has 2 amide bonds. The predicted molar refractivity (Wildman–Crippen MR) is 88.5 cm³/mol. The number of likely N-dealkylation sites (tertiary alicyclic amines) is 1. The number of hydrogen-bond donors (Lipinski definition) is 0. The Morgan fingerprint density at radius 1 is 1.17 bits per heavy atom. The van der Waals surface area contributed by atoms with E-state index in [4.69, 9.17) is 4.74 Å². The van der Waals surface area contributed by atoms with Crippen molar-refractivity contribution in [1.29, 1.82) is 0 Å². The Kier molecular flexibility index (Phi) is 4.30. The van der Waals surface area contributed by atoms with E-state index in [0.717, 1.165) is 30.6 Å². The average molecular weight is 333 g/mol. The summed E-state index contributed by atoms with van der Waals surface area (Å²) in [5.41, 5.74) is 1.05. The Hall–Kier alpha value is -1.65. The van der Waals surface area contributed by atoms with Crippen LogP contribution < -0.4 is 0 Å². The second-order valence-corrected chi connectivity index (χ2v) is 8.26. The summed E-state index contributed by atoms with van der Waals surface area (Å²) in [6.07, 6.45) is 5.64. The number of hydrogen-bond acceptors (Lipinski definition) is 4. The fraction of sp³-hybridized carbons (Fsp3) is 0.737. The fourth-order valence-corrected chi connectivity index (χ4v) is 4.37. The molecule has 2 saturated carbocycles. The van der Waals surface area contributed by atoms with Crippen molar-refractivity contribution >= 4 is 17.8 Å². The molecule has 4 atom stereocenters. The van der Waals surface area contributed by atoms with Gasteiger partial charge < -0.3 is 4.74 Å². The summed E-state index contributed by atoms with van der Waals surface area (Å²) in [4.78, 5) is 38.3. The smallest absolute Gasteiger partial charge is 0.311 e. The molecule has 0 spiro atoms. The molecule has 0 N–H and O–H groups in total. The van der Waals surface area contributed by atoms with Crippen molar-refractivity contribution in [3.05, 3.63) is 11.6 Å². The van der Waals surface area contributed by atoms with E-state index in [0.29, 0.717) is 0 Å². The molecule has 1 heterocycles. The van der Waals surface area contributed by atoms with Gasteiger partial charge in [0.05, 0.1) is 17.8 Å². The standard InChI is InChI=1S/C19H27NO4/c1-11(2)9-14-15(19(14,3)4)18(23)24-10-20-16(21)12-7-5-6-8-13(12)17(20)22/h9,12-15H,5-8,10H2,1-4H3/t12?,13?,14-,15+/m1/s1. The maximum atomic E-state index is 12.4. The van der Waals surface area contributed by atoms with E-state index < -0.39 is 0 Å². The first-order valence-corrected chi connectivity index (χ1v) is 8.92. The predicted octanol–water partition coefficient (Wildman–Crippen LogP) is 2.90. The topological polar surface area (TPSA) is 63.7 Å². The summed E-state index contributed by atoms with van der Waals surface area (Å²) < 4.78 is 5.36. The van der Waals surface area contributed by atoms with Crippen molar-refractivity contribution in [2.45, 2.75) is 53.4 Å². The second kappa shape index (κ2) is 6.01. The number of imide groups is 1. The number of ether oxygens (including phenoxy) is 1. The number of amides is 2. The van der Waals surface area contributed by atoms with Crippen LogP contribution in [0.1, 0.15) is 53.4 Å². The van der Waals surface area contributed by atoms with Crippen molar-refractivity contribution in [3.63, 3.8) is 0 Å². The van der Waals surface area contributed by atoms with E-state index in [1.807, 2.05) is 27.7 Å². The Labute approximate surface area is 143 Å². The molecular weight excluding hydrogens is 306 g/mol. The van der Waals surface area contributed by atoms with Gasteiger partial charge in [0, 0.05) is 0 Å². The molecule has 24 heavy (non-hydrogen) atoms. The zero-order valence-electron chi connectivity index (χ0n) is 15.0. The SMILES string of the molecule is CC(C)=C[C@@H]1[C@@H](C(=O)OCN2C(=O)C3CCCCC3C2=O)C1(C)C. The number of esters is 1. The monoisotopic (exact) mass is 333 g/mol. The summed E-state index contributed by atoms with van der Waals surface area (Å²) in [6, 6.07) is 0. The van der Waals surface area contributed by atoms with Gasteiger partial charge in [0.2, 0.25) is 11.8 Å². The minimum Gasteiger partial charge on any atom is -0.443 e. The first-order chi connectivity index (χ1) is 11.2. The van der Waals surface area contributed by atoms with Gasteiger partial charge >= 0.3 is 5.97 Å². The maximum Gasteiger partial charge on any atom is 0.311 e. The first kappa shape index (κ1) is 17.2. The molecule has 2 unspecified atom stereocenters. The summed E-state index contributed by atoms with van der Waals surface area (Å²) in [5, 5.41) is 0. The Balaban J connectivity index is 1.60. The molecule has 1 aliphatic heterocycles. The van der Waals surface area contributed by atoms with Gasteiger partial charge in [-0.1, -0.05) is 38.3 Å². The zero-order chi connectivity index (χ0) is 17.6. The van der Waals surface area contributed by atoms with E-state index in [2.05, 4.69) is 6.08 Å². The Morgan fingerprint density at radius 3 is 2.21 bits per heavy atom. The van der Waals surface area contributed by atoms with Crippen LogP contribution in [0.25, 0.3) is 0 Å². The highest BCUT2D eigenvalue weighted by molar-refractivity contribution is 6.05. The van der Waals surface area contributed by atoms with Gasteiger partial charge in [-0.2, -0.15) is 0 Å². The van der Waals surface area contributed by atoms with Crippen LogP contribution in [0.2, 0.25) is 0 Å². The third-order valence-corrected chi connectivity index (χ3v) is 5.95. The number of rotatable bonds is 4. The summed E-state index contributed by atoms with van der Waals surface area (Å²) >= 11 is 0. The summed E-state index contributed by atoms with van der Waals surface area (Å²) in [5.74, 6) is -1.04. The molecule has 3 fully saturated rings. The number of fused-ring (bicyclic) bond motifs is 1. The minimum atomic E-state index is -0.307. The highest BCUT2D eigenvalue weighted by Crippen LogP contribution is 2.59. The van der Waals surface area contributed by atoms with Crippen molar-refractivity contribution in [2.24, 2.45) is 29.1 Å². The molecule has 5 heteroatoms. The minimum absolute atomic E-state index is 0.124. The Morgan fingerprint density at radius 2 is 1.71 bits per heavy atom. The first-order valence-electron chi connectivity index (χ1n) is 8.92. The van der Waals surface area contributed by atoms with Crippen LogP contribution in [0.15, 0.2) is 11.6 Å². The maximum absolute atomic E-state index is 12.4. The van der Waals surface area contributed by atoms with Gasteiger partial charge in [0.1, 0.15) is 0 Å². The van der Waals surface area contributed by atoms with Crippen LogP contribution in [-0.4, -0.2) is 29.4 Å². The third-order valence-electron chi connectivity index (χ3n) is 5.95. The molecule has 1 saturated heterocycles. The second-order valence-electron chi connectivity index (χ2n) is 8.26. The van der Waals surface area contributed by atoms with Crippen molar-refractivity contribution in [3.8, 4) is 0 Å². The van der Waals surface area contributed by atoms with Gasteiger partial charge in [-0.25, -0.2) is 4.90 Å². The van der Waals surface area contributed by atoms with E-state index in [9.17, 15) is 14.4 Å². The van der Waals surface area contributed by atoms with E-state index in [-0.39, 0.29) is 53.6 Å². The highest BCUT2D eigenvalue weighted by atomic mass is 16.5. The lowest BCUT2D eigenvalue weighted by Gasteiger charge is -2.19. The number of carbonyl (C=O) groups is 3. The summed E-state index contributed by atoms with van der Waals surface area (Å²) in [6.45, 7) is 7.89. The molecule has 132 valence electrons. The zero-order valence-corrected chi connectivity index (χ0v) is 15.0. The summed E-state index contributed by atoms with van der Waals surface area (Å²) in [7, 11) is 0. The molecule has 5 nitrogen and oxygen atoms in total. The van der Waals surface area contributed by atoms with E-state index >= 15 is 0 Å². The largest absolute Gasteiger partial charge is 0.443 e.